The van der Waals surface area contributed by atoms with E-state index in [0.29, 0.717) is 12.2 Å². The van der Waals surface area contributed by atoms with Crippen molar-refractivity contribution in [1.29, 1.82) is 0 Å². The number of methoxy groups -OCH3 is 1. The zero-order valence-electron chi connectivity index (χ0n) is 16.2. The first kappa shape index (κ1) is 20.4. The Morgan fingerprint density at radius 3 is 2.82 bits per heavy atom. The third kappa shape index (κ3) is 4.54. The molecule has 1 atom stereocenters. The Labute approximate surface area is 173 Å². The molecule has 0 aliphatic carbocycles. The van der Waals surface area contributed by atoms with Gasteiger partial charge in [0.25, 0.3) is 0 Å². The second-order valence-electron chi connectivity index (χ2n) is 7.01. The van der Waals surface area contributed by atoms with Crippen molar-refractivity contribution in [1.82, 2.24) is 4.90 Å². The zero-order chi connectivity index (χ0) is 20.3. The maximum absolute atomic E-state index is 13.2. The molecule has 1 aliphatic rings. The number of anilines is 2. The summed E-state index contributed by atoms with van der Waals surface area (Å²) in [5, 5.41) is 2.88. The van der Waals surface area contributed by atoms with Crippen LogP contribution in [0.25, 0.3) is 0 Å². The summed E-state index contributed by atoms with van der Waals surface area (Å²) in [5.41, 5.74) is 2.40. The fourth-order valence-corrected chi connectivity index (χ4v) is 3.90. The molecular formula is C21H24BrN3O3. The molecule has 6 nitrogen and oxygen atoms in total. The van der Waals surface area contributed by atoms with Gasteiger partial charge < -0.3 is 15.0 Å². The lowest BCUT2D eigenvalue weighted by atomic mass is 10.1. The van der Waals surface area contributed by atoms with Gasteiger partial charge in [0.2, 0.25) is 11.8 Å². The molecule has 0 bridgehead atoms. The third-order valence-corrected chi connectivity index (χ3v) is 5.21. The van der Waals surface area contributed by atoms with Crippen molar-refractivity contribution in [2.45, 2.75) is 25.9 Å². The van der Waals surface area contributed by atoms with Gasteiger partial charge in [-0.05, 0) is 44.3 Å². The molecule has 0 saturated heterocycles. The fourth-order valence-electron chi connectivity index (χ4n) is 3.49. The van der Waals surface area contributed by atoms with Crippen LogP contribution in [0, 0.1) is 0 Å². The van der Waals surface area contributed by atoms with E-state index in [4.69, 9.17) is 4.74 Å². The summed E-state index contributed by atoms with van der Waals surface area (Å²) in [6.07, 6.45) is 0.267. The van der Waals surface area contributed by atoms with E-state index >= 15 is 0 Å². The highest BCUT2D eigenvalue weighted by Gasteiger charge is 2.29. The first-order valence-corrected chi connectivity index (χ1v) is 9.90. The quantitative estimate of drug-likeness (QED) is 0.762. The second-order valence-corrected chi connectivity index (χ2v) is 7.93. The van der Waals surface area contributed by atoms with Crippen molar-refractivity contribution in [2.75, 3.05) is 30.9 Å². The van der Waals surface area contributed by atoms with Crippen molar-refractivity contribution in [2.24, 2.45) is 0 Å². The molecule has 7 heteroatoms. The van der Waals surface area contributed by atoms with Gasteiger partial charge in [0.1, 0.15) is 5.75 Å². The number of rotatable bonds is 5. The molecule has 0 saturated carbocycles. The van der Waals surface area contributed by atoms with Gasteiger partial charge in [0, 0.05) is 29.0 Å². The van der Waals surface area contributed by atoms with Crippen molar-refractivity contribution >= 4 is 39.1 Å². The number of carbonyl (C=O) groups is 2. The summed E-state index contributed by atoms with van der Waals surface area (Å²) in [6.45, 7) is 2.69. The molecular weight excluding hydrogens is 422 g/mol. The monoisotopic (exact) mass is 445 g/mol. The largest absolute Gasteiger partial charge is 0.496 e. The summed E-state index contributed by atoms with van der Waals surface area (Å²) in [7, 11) is 3.54. The number of carbonyl (C=O) groups excluding carboxylic acids is 2. The fraction of sp³-hybridized carbons (Fsp3) is 0.333. The standard InChI is InChI=1S/C21H24BrN3O3/c1-14-10-20(26)23-17-6-4-5-7-18(17)25(14)21(27)13-24(2)12-15-11-16(22)8-9-19(15)28-3/h4-9,11,14H,10,12-13H2,1-3H3,(H,23,26)/t14-/m0/s1. The topological polar surface area (TPSA) is 61.9 Å². The predicted octanol–water partition coefficient (Wildman–Crippen LogP) is 3.65. The van der Waals surface area contributed by atoms with Crippen LogP contribution in [0.3, 0.4) is 0 Å². The number of fused-ring (bicyclic) bond motifs is 1. The maximum Gasteiger partial charge on any atom is 0.241 e. The number of likely N-dealkylation sites (N-methyl/N-ethyl adjacent to an activating group) is 1. The molecule has 0 fully saturated rings. The summed E-state index contributed by atoms with van der Waals surface area (Å²) in [5.74, 6) is 0.654. The van der Waals surface area contributed by atoms with Crippen LogP contribution >= 0.6 is 15.9 Å². The number of ether oxygens (including phenoxy) is 1. The Hall–Kier alpha value is -2.38. The molecule has 148 valence electrons. The molecule has 0 unspecified atom stereocenters. The van der Waals surface area contributed by atoms with Crippen molar-refractivity contribution in [3.8, 4) is 5.75 Å². The second kappa shape index (κ2) is 8.75. The Morgan fingerprint density at radius 2 is 2.07 bits per heavy atom. The number of hydrogen-bond acceptors (Lipinski definition) is 4. The molecule has 0 aromatic heterocycles. The number of nitrogens with zero attached hydrogens (tertiary/aromatic N) is 2. The molecule has 2 aromatic rings. The highest BCUT2D eigenvalue weighted by molar-refractivity contribution is 9.10. The smallest absolute Gasteiger partial charge is 0.241 e. The number of amides is 2. The normalized spacial score (nSPS) is 16.4. The first-order valence-electron chi connectivity index (χ1n) is 9.11. The van der Waals surface area contributed by atoms with Crippen LogP contribution in [-0.2, 0) is 16.1 Å². The van der Waals surface area contributed by atoms with E-state index in [1.807, 2.05) is 61.3 Å². The molecule has 3 rings (SSSR count). The minimum absolute atomic E-state index is 0.0482. The third-order valence-electron chi connectivity index (χ3n) is 4.72. The van der Waals surface area contributed by atoms with Gasteiger partial charge >= 0.3 is 0 Å². The Kier molecular flexibility index (Phi) is 6.36. The summed E-state index contributed by atoms with van der Waals surface area (Å²) < 4.78 is 6.39. The molecule has 2 aromatic carbocycles. The van der Waals surface area contributed by atoms with Crippen molar-refractivity contribution in [3.05, 3.63) is 52.5 Å². The molecule has 0 spiro atoms. The summed E-state index contributed by atoms with van der Waals surface area (Å²) in [6, 6.07) is 13.0. The van der Waals surface area contributed by atoms with E-state index in [1.165, 1.54) is 0 Å². The van der Waals surface area contributed by atoms with E-state index in [9.17, 15) is 9.59 Å². The summed E-state index contributed by atoms with van der Waals surface area (Å²) >= 11 is 3.48. The highest BCUT2D eigenvalue weighted by atomic mass is 79.9. The van der Waals surface area contributed by atoms with Crippen LogP contribution < -0.4 is 15.0 Å². The lowest BCUT2D eigenvalue weighted by molar-refractivity contribution is -0.120. The minimum atomic E-state index is -0.218. The number of nitrogens with one attached hydrogen (secondary N) is 1. The lowest BCUT2D eigenvalue weighted by Crippen LogP contribution is -2.44. The predicted molar refractivity (Wildman–Crippen MR) is 114 cm³/mol. The Morgan fingerprint density at radius 1 is 1.32 bits per heavy atom. The van der Waals surface area contributed by atoms with Gasteiger partial charge in [-0.15, -0.1) is 0 Å². The van der Waals surface area contributed by atoms with Crippen LogP contribution in [0.4, 0.5) is 11.4 Å². The summed E-state index contributed by atoms with van der Waals surface area (Å²) in [4.78, 5) is 28.9. The molecule has 1 heterocycles. The molecule has 2 amide bonds. The number of benzene rings is 2. The molecule has 1 aliphatic heterocycles. The first-order chi connectivity index (χ1) is 13.4. The van der Waals surface area contributed by atoms with Crippen molar-refractivity contribution < 1.29 is 14.3 Å². The zero-order valence-corrected chi connectivity index (χ0v) is 17.8. The molecule has 1 N–H and O–H groups in total. The van der Waals surface area contributed by atoms with Gasteiger partial charge in [0.05, 0.1) is 25.0 Å². The average molecular weight is 446 g/mol. The Bertz CT molecular complexity index is 887. The van der Waals surface area contributed by atoms with E-state index in [0.717, 1.165) is 21.5 Å². The maximum atomic E-state index is 13.2. The minimum Gasteiger partial charge on any atom is -0.496 e. The number of para-hydroxylation sites is 2. The Balaban J connectivity index is 1.78. The molecule has 28 heavy (non-hydrogen) atoms. The van der Waals surface area contributed by atoms with Gasteiger partial charge in [-0.3, -0.25) is 14.5 Å². The van der Waals surface area contributed by atoms with E-state index in [-0.39, 0.29) is 30.8 Å². The van der Waals surface area contributed by atoms with Crippen molar-refractivity contribution in [3.63, 3.8) is 0 Å². The SMILES string of the molecule is COc1ccc(Br)cc1CN(C)CC(=O)N1c2ccccc2NC(=O)C[C@@H]1C. The van der Waals surface area contributed by atoms with Crippen LogP contribution in [0.5, 0.6) is 5.75 Å². The van der Waals surface area contributed by atoms with Gasteiger partial charge in [-0.1, -0.05) is 28.1 Å². The average Bonchev–Trinajstić information content (AvgIpc) is 2.75. The van der Waals surface area contributed by atoms with Crippen LogP contribution in [0.2, 0.25) is 0 Å². The highest BCUT2D eigenvalue weighted by Crippen LogP contribution is 2.31. The number of halogens is 1. The van der Waals surface area contributed by atoms with Crippen LogP contribution in [0.1, 0.15) is 18.9 Å². The van der Waals surface area contributed by atoms with E-state index in [2.05, 4.69) is 21.2 Å². The van der Waals surface area contributed by atoms with Crippen LogP contribution in [0.15, 0.2) is 46.9 Å². The van der Waals surface area contributed by atoms with Gasteiger partial charge in [-0.25, -0.2) is 0 Å². The number of hydrogen-bond donors (Lipinski definition) is 1. The van der Waals surface area contributed by atoms with Gasteiger partial charge in [0.15, 0.2) is 0 Å². The van der Waals surface area contributed by atoms with Gasteiger partial charge in [-0.2, -0.15) is 0 Å². The van der Waals surface area contributed by atoms with E-state index in [1.54, 1.807) is 12.0 Å². The lowest BCUT2D eigenvalue weighted by Gasteiger charge is -2.30. The molecule has 0 radical (unpaired) electrons. The van der Waals surface area contributed by atoms with E-state index < -0.39 is 0 Å². The van der Waals surface area contributed by atoms with Crippen LogP contribution in [-0.4, -0.2) is 43.5 Å².